The van der Waals surface area contributed by atoms with E-state index in [9.17, 15) is 22.8 Å². The second-order valence-electron chi connectivity index (χ2n) is 7.36. The molecule has 1 heterocycles. The van der Waals surface area contributed by atoms with Gasteiger partial charge in [-0.25, -0.2) is 13.2 Å². The van der Waals surface area contributed by atoms with E-state index in [1.54, 1.807) is 26.8 Å². The molecule has 0 aliphatic heterocycles. The number of nitrogens with zero attached hydrogens (tertiary/aromatic N) is 2. The Hall–Kier alpha value is -2.92. The number of H-pyrrole nitrogens is 1. The first kappa shape index (κ1) is 22.4. The minimum Gasteiger partial charge on any atom is -0.464 e. The molecule has 0 spiro atoms. The molecular formula is C18H24N4O6S. The number of hydrogen-bond donors (Lipinski definition) is 2. The van der Waals surface area contributed by atoms with Gasteiger partial charge in [0.2, 0.25) is 10.0 Å². The number of carbonyl (C=O) groups is 1. The molecular weight excluding hydrogens is 400 g/mol. The number of nitrogens with two attached hydrogens (primary N) is 1. The molecule has 2 aromatic rings. The van der Waals surface area contributed by atoms with Crippen LogP contribution in [0.4, 0.5) is 5.69 Å². The first-order valence-corrected chi connectivity index (χ1v) is 10.2. The molecule has 0 amide bonds. The smallest absolute Gasteiger partial charge is 0.329 e. The zero-order valence-electron chi connectivity index (χ0n) is 16.4. The Kier molecular flexibility index (Phi) is 6.65. The molecule has 0 unspecified atom stereocenters. The molecule has 3 N–H and O–H groups in total. The lowest BCUT2D eigenvalue weighted by Crippen LogP contribution is -2.41. The largest absolute Gasteiger partial charge is 0.464 e. The van der Waals surface area contributed by atoms with Gasteiger partial charge < -0.3 is 10.5 Å². The molecule has 1 aromatic carbocycles. The molecule has 0 bridgehead atoms. The number of sulfonamides is 1. The minimum atomic E-state index is -4.07. The van der Waals surface area contributed by atoms with Crippen molar-refractivity contribution in [3.63, 3.8) is 0 Å². The zero-order valence-corrected chi connectivity index (χ0v) is 17.2. The highest BCUT2D eigenvalue weighted by atomic mass is 32.2. The van der Waals surface area contributed by atoms with Crippen molar-refractivity contribution in [2.24, 2.45) is 5.41 Å². The summed E-state index contributed by atoms with van der Waals surface area (Å²) in [6.07, 6.45) is 1.18. The molecule has 158 valence electrons. The van der Waals surface area contributed by atoms with Crippen LogP contribution in [0, 0.1) is 5.41 Å². The summed E-state index contributed by atoms with van der Waals surface area (Å²) in [6.45, 7) is 4.23. The Labute approximate surface area is 168 Å². The molecule has 0 aliphatic rings. The Morgan fingerprint density at radius 3 is 2.52 bits per heavy atom. The van der Waals surface area contributed by atoms with Crippen LogP contribution < -0.4 is 17.0 Å². The highest BCUT2D eigenvalue weighted by Gasteiger charge is 2.27. The number of esters is 1. The number of ether oxygens (including phenoxy) is 1. The summed E-state index contributed by atoms with van der Waals surface area (Å²) >= 11 is 0. The molecule has 10 nitrogen and oxygen atoms in total. The van der Waals surface area contributed by atoms with Crippen molar-refractivity contribution in [1.29, 1.82) is 0 Å². The third-order valence-electron chi connectivity index (χ3n) is 3.89. The number of nitrogens with one attached hydrogen (secondary N) is 1. The monoisotopic (exact) mass is 424 g/mol. The van der Waals surface area contributed by atoms with Crippen LogP contribution in [0.3, 0.4) is 0 Å². The molecule has 0 fully saturated rings. The summed E-state index contributed by atoms with van der Waals surface area (Å²) in [6, 6.07) is 6.80. The predicted molar refractivity (Wildman–Crippen MR) is 106 cm³/mol. The Morgan fingerprint density at radius 1 is 1.24 bits per heavy atom. The second-order valence-corrected chi connectivity index (χ2v) is 9.30. The summed E-state index contributed by atoms with van der Waals surface area (Å²) < 4.78 is 33.3. The molecule has 29 heavy (non-hydrogen) atoms. The van der Waals surface area contributed by atoms with E-state index in [0.29, 0.717) is 0 Å². The molecule has 0 aliphatic carbocycles. The van der Waals surface area contributed by atoms with Gasteiger partial charge in [-0.1, -0.05) is 6.07 Å². The number of nitrogen functional groups attached to an aromatic ring is 1. The van der Waals surface area contributed by atoms with Crippen LogP contribution in [0.2, 0.25) is 0 Å². The topological polar surface area (TPSA) is 145 Å². The van der Waals surface area contributed by atoms with E-state index < -0.39 is 32.7 Å². The van der Waals surface area contributed by atoms with Gasteiger partial charge >= 0.3 is 11.7 Å². The predicted octanol–water partition coefficient (Wildman–Crippen LogP) is 0.357. The maximum Gasteiger partial charge on any atom is 0.329 e. The number of hydrogen-bond acceptors (Lipinski definition) is 7. The SMILES string of the molecule is CC(C)(C)C(=O)OCCN(Cn1ccc(=O)[nH]c1=O)S(=O)(=O)c1cccc(N)c1. The van der Waals surface area contributed by atoms with Crippen LogP contribution in [0.1, 0.15) is 20.8 Å². The third-order valence-corrected chi connectivity index (χ3v) is 5.72. The number of carbonyl (C=O) groups excluding carboxylic acids is 1. The highest BCUT2D eigenvalue weighted by Crippen LogP contribution is 2.19. The van der Waals surface area contributed by atoms with Crippen molar-refractivity contribution in [2.45, 2.75) is 32.3 Å². The van der Waals surface area contributed by atoms with Crippen LogP contribution in [-0.2, 0) is 26.2 Å². The van der Waals surface area contributed by atoms with E-state index in [1.165, 1.54) is 24.4 Å². The summed E-state index contributed by atoms with van der Waals surface area (Å²) in [4.78, 5) is 37.2. The van der Waals surface area contributed by atoms with Gasteiger partial charge in [-0.05, 0) is 39.0 Å². The lowest BCUT2D eigenvalue weighted by atomic mass is 9.97. The van der Waals surface area contributed by atoms with Crippen molar-refractivity contribution in [3.8, 4) is 0 Å². The first-order chi connectivity index (χ1) is 13.4. The fourth-order valence-electron chi connectivity index (χ4n) is 2.27. The molecule has 0 saturated carbocycles. The van der Waals surface area contributed by atoms with Crippen molar-refractivity contribution < 1.29 is 17.9 Å². The number of aromatic amines is 1. The maximum absolute atomic E-state index is 13.1. The Bertz CT molecular complexity index is 1100. The van der Waals surface area contributed by atoms with Gasteiger partial charge in [0.25, 0.3) is 5.56 Å². The minimum absolute atomic E-state index is 0.0721. The second kappa shape index (κ2) is 8.62. The third kappa shape index (κ3) is 5.78. The van der Waals surface area contributed by atoms with Gasteiger partial charge in [-0.2, -0.15) is 4.31 Å². The summed E-state index contributed by atoms with van der Waals surface area (Å²) in [5.74, 6) is -0.486. The summed E-state index contributed by atoms with van der Waals surface area (Å²) in [5, 5.41) is 0. The summed E-state index contributed by atoms with van der Waals surface area (Å²) in [7, 11) is -4.07. The molecule has 1 aromatic heterocycles. The standard InChI is InChI=1S/C18H24N4O6S/c1-18(2,3)16(24)28-10-9-22(12-21-8-7-15(23)20-17(21)25)29(26,27)14-6-4-5-13(19)11-14/h4-8,11H,9-10,12,19H2,1-3H3,(H,20,23,25). The quantitative estimate of drug-likeness (QED) is 0.482. The average Bonchev–Trinajstić information content (AvgIpc) is 2.61. The lowest BCUT2D eigenvalue weighted by Gasteiger charge is -2.24. The van der Waals surface area contributed by atoms with Crippen LogP contribution in [0.15, 0.2) is 51.0 Å². The molecule has 0 radical (unpaired) electrons. The van der Waals surface area contributed by atoms with E-state index in [-0.39, 0.29) is 30.4 Å². The maximum atomic E-state index is 13.1. The van der Waals surface area contributed by atoms with E-state index >= 15 is 0 Å². The van der Waals surface area contributed by atoms with Crippen LogP contribution in [-0.4, -0.2) is 41.4 Å². The Morgan fingerprint density at radius 2 is 1.93 bits per heavy atom. The average molecular weight is 424 g/mol. The van der Waals surface area contributed by atoms with Crippen LogP contribution >= 0.6 is 0 Å². The van der Waals surface area contributed by atoms with Gasteiger partial charge in [0.05, 0.1) is 23.5 Å². The molecule has 11 heteroatoms. The van der Waals surface area contributed by atoms with Gasteiger partial charge in [-0.3, -0.25) is 19.1 Å². The van der Waals surface area contributed by atoms with E-state index in [0.717, 1.165) is 14.9 Å². The van der Waals surface area contributed by atoms with Crippen molar-refractivity contribution in [2.75, 3.05) is 18.9 Å². The van der Waals surface area contributed by atoms with Crippen molar-refractivity contribution in [1.82, 2.24) is 13.9 Å². The van der Waals surface area contributed by atoms with Crippen LogP contribution in [0.5, 0.6) is 0 Å². The van der Waals surface area contributed by atoms with E-state index in [2.05, 4.69) is 4.98 Å². The van der Waals surface area contributed by atoms with E-state index in [4.69, 9.17) is 10.5 Å². The normalized spacial score (nSPS) is 12.1. The van der Waals surface area contributed by atoms with Gasteiger partial charge in [0, 0.05) is 18.0 Å². The first-order valence-electron chi connectivity index (χ1n) is 8.74. The number of benzene rings is 1. The molecule has 0 atom stereocenters. The van der Waals surface area contributed by atoms with Crippen LogP contribution in [0.25, 0.3) is 0 Å². The van der Waals surface area contributed by atoms with Crippen molar-refractivity contribution >= 4 is 21.7 Å². The molecule has 2 rings (SSSR count). The Balaban J connectivity index is 2.33. The van der Waals surface area contributed by atoms with Crippen molar-refractivity contribution in [3.05, 3.63) is 57.4 Å². The lowest BCUT2D eigenvalue weighted by molar-refractivity contribution is -0.153. The van der Waals surface area contributed by atoms with Gasteiger partial charge in [-0.15, -0.1) is 0 Å². The highest BCUT2D eigenvalue weighted by molar-refractivity contribution is 7.89. The number of aromatic nitrogens is 2. The van der Waals surface area contributed by atoms with Gasteiger partial charge in [0.15, 0.2) is 0 Å². The molecule has 0 saturated heterocycles. The van der Waals surface area contributed by atoms with E-state index in [1.807, 2.05) is 0 Å². The fourth-order valence-corrected chi connectivity index (χ4v) is 3.70. The van der Waals surface area contributed by atoms with Gasteiger partial charge in [0.1, 0.15) is 6.61 Å². The number of rotatable bonds is 7. The number of anilines is 1. The summed E-state index contributed by atoms with van der Waals surface area (Å²) in [5.41, 5.74) is 3.83. The zero-order chi connectivity index (χ0) is 21.8. The fraction of sp³-hybridized carbons (Fsp3) is 0.389.